The highest BCUT2D eigenvalue weighted by molar-refractivity contribution is 6.74. The molecule has 36 heavy (non-hydrogen) atoms. The molecule has 0 aliphatic rings. The van der Waals surface area contributed by atoms with Gasteiger partial charge in [0.25, 0.3) is 0 Å². The molecule has 2 rings (SSSR count). The lowest BCUT2D eigenvalue weighted by Crippen LogP contribution is -2.49. The molecule has 1 heterocycles. The zero-order valence-corrected chi connectivity index (χ0v) is 25.5. The van der Waals surface area contributed by atoms with Gasteiger partial charge in [-0.3, -0.25) is 0 Å². The Labute approximate surface area is 226 Å². The van der Waals surface area contributed by atoms with Crippen molar-refractivity contribution in [1.82, 2.24) is 14.9 Å². The van der Waals surface area contributed by atoms with E-state index in [1.165, 1.54) is 4.90 Å². The summed E-state index contributed by atoms with van der Waals surface area (Å²) >= 11 is 12.4. The largest absolute Gasteiger partial charge is 0.491 e. The summed E-state index contributed by atoms with van der Waals surface area (Å²) in [6, 6.07) is 7.40. The van der Waals surface area contributed by atoms with E-state index in [9.17, 15) is 4.79 Å². The molecule has 0 N–H and O–H groups in total. The van der Waals surface area contributed by atoms with E-state index >= 15 is 0 Å². The highest BCUT2D eigenvalue weighted by Gasteiger charge is 2.40. The third-order valence-electron chi connectivity index (χ3n) is 6.01. The highest BCUT2D eigenvalue weighted by atomic mass is 35.5. The fraction of sp³-hybridized carbons (Fsp3) is 0.577. The molecular weight excluding hydrogens is 517 g/mol. The highest BCUT2D eigenvalue weighted by Crippen LogP contribution is 2.37. The molecule has 0 bridgehead atoms. The summed E-state index contributed by atoms with van der Waals surface area (Å²) in [6.45, 7) is 18.8. The first-order valence-corrected chi connectivity index (χ1v) is 15.6. The van der Waals surface area contributed by atoms with E-state index in [-0.39, 0.29) is 17.7 Å². The van der Waals surface area contributed by atoms with Gasteiger partial charge in [0.1, 0.15) is 28.3 Å². The molecule has 1 unspecified atom stereocenters. The van der Waals surface area contributed by atoms with Gasteiger partial charge in [-0.25, -0.2) is 14.8 Å². The van der Waals surface area contributed by atoms with Crippen LogP contribution in [0.5, 0.6) is 5.75 Å². The zero-order valence-electron chi connectivity index (χ0n) is 23.0. The molecule has 1 amide bonds. The van der Waals surface area contributed by atoms with Gasteiger partial charge in [0.05, 0.1) is 12.6 Å². The maximum Gasteiger partial charge on any atom is 0.410 e. The number of rotatable bonds is 8. The van der Waals surface area contributed by atoms with Crippen LogP contribution in [0.2, 0.25) is 28.4 Å². The second kappa shape index (κ2) is 11.7. The van der Waals surface area contributed by atoms with Gasteiger partial charge in [-0.1, -0.05) is 56.1 Å². The minimum Gasteiger partial charge on any atom is -0.491 e. The van der Waals surface area contributed by atoms with Gasteiger partial charge in [-0.05, 0) is 58.0 Å². The standard InChI is InChI=1S/C26H39Cl2N3O4Si/c1-17-21(27)29-23(30-22(17)28)18-12-11-13-19(14-18)33-16-20(35-36(9,10)26(5,6)7)15-31(8)24(32)34-25(2,3)4/h11-14,20H,15-16H2,1-10H3. The number of carbonyl (C=O) groups excluding carboxylic acids is 1. The Bertz CT molecular complexity index is 1040. The van der Waals surface area contributed by atoms with Crippen molar-refractivity contribution in [3.63, 3.8) is 0 Å². The molecule has 10 heteroatoms. The van der Waals surface area contributed by atoms with Crippen LogP contribution >= 0.6 is 23.2 Å². The van der Waals surface area contributed by atoms with Gasteiger partial charge in [0, 0.05) is 18.2 Å². The van der Waals surface area contributed by atoms with Crippen LogP contribution in [-0.4, -0.2) is 61.2 Å². The average Bonchev–Trinajstić information content (AvgIpc) is 2.73. The number of ether oxygens (including phenoxy) is 2. The molecular formula is C26H39Cl2N3O4Si. The number of carbonyl (C=O) groups is 1. The monoisotopic (exact) mass is 555 g/mol. The Kier molecular flexibility index (Phi) is 9.84. The Hall–Kier alpha value is -1.87. The molecule has 1 atom stereocenters. The predicted molar refractivity (Wildman–Crippen MR) is 149 cm³/mol. The maximum atomic E-state index is 12.6. The quantitative estimate of drug-likeness (QED) is 0.249. The second-order valence-corrected chi connectivity index (χ2v) is 16.9. The molecule has 0 saturated heterocycles. The van der Waals surface area contributed by atoms with Crippen LogP contribution < -0.4 is 4.74 Å². The van der Waals surface area contributed by atoms with Crippen LogP contribution in [0, 0.1) is 6.92 Å². The van der Waals surface area contributed by atoms with Gasteiger partial charge in [0.15, 0.2) is 14.1 Å². The average molecular weight is 557 g/mol. The minimum atomic E-state index is -2.14. The third kappa shape index (κ3) is 8.61. The number of amides is 1. The van der Waals surface area contributed by atoms with Gasteiger partial charge in [-0.15, -0.1) is 0 Å². The first-order chi connectivity index (χ1) is 16.4. The van der Waals surface area contributed by atoms with Crippen LogP contribution in [0.25, 0.3) is 11.4 Å². The summed E-state index contributed by atoms with van der Waals surface area (Å²) in [5, 5.41) is 0.616. The van der Waals surface area contributed by atoms with E-state index in [4.69, 9.17) is 37.1 Å². The van der Waals surface area contributed by atoms with Crippen LogP contribution in [0.1, 0.15) is 47.1 Å². The second-order valence-electron chi connectivity index (χ2n) is 11.5. The van der Waals surface area contributed by atoms with Crippen molar-refractivity contribution < 1.29 is 18.7 Å². The van der Waals surface area contributed by atoms with Gasteiger partial charge in [-0.2, -0.15) is 0 Å². The van der Waals surface area contributed by atoms with E-state index in [1.54, 1.807) is 14.0 Å². The van der Waals surface area contributed by atoms with E-state index in [0.717, 1.165) is 5.56 Å². The summed E-state index contributed by atoms with van der Waals surface area (Å²) in [4.78, 5) is 22.8. The molecule has 0 aliphatic carbocycles. The fourth-order valence-electron chi connectivity index (χ4n) is 2.94. The molecule has 2 aromatic rings. The lowest BCUT2D eigenvalue weighted by atomic mass is 10.2. The summed E-state index contributed by atoms with van der Waals surface area (Å²) in [6.07, 6.45) is -0.759. The van der Waals surface area contributed by atoms with Crippen molar-refractivity contribution in [3.05, 3.63) is 40.1 Å². The summed E-state index contributed by atoms with van der Waals surface area (Å²) in [7, 11) is -0.437. The zero-order chi connectivity index (χ0) is 27.5. The van der Waals surface area contributed by atoms with Gasteiger partial charge in [0.2, 0.25) is 0 Å². The number of benzene rings is 1. The molecule has 0 aliphatic heterocycles. The summed E-state index contributed by atoms with van der Waals surface area (Å²) in [5.74, 6) is 1.03. The number of halogens is 2. The first kappa shape index (κ1) is 30.4. The molecule has 0 radical (unpaired) electrons. The third-order valence-corrected chi connectivity index (χ3v) is 11.3. The van der Waals surface area contributed by atoms with E-state index in [0.29, 0.717) is 34.0 Å². The Morgan fingerprint density at radius 1 is 1.08 bits per heavy atom. The van der Waals surface area contributed by atoms with Gasteiger partial charge < -0.3 is 18.8 Å². The SMILES string of the molecule is Cc1c(Cl)nc(-c2cccc(OCC(CN(C)C(=O)OC(C)(C)C)O[Si](C)(C)C(C)(C)C)c2)nc1Cl. The molecule has 0 saturated carbocycles. The molecule has 0 spiro atoms. The Morgan fingerprint density at radius 3 is 2.19 bits per heavy atom. The van der Waals surface area contributed by atoms with Crippen LogP contribution in [0.3, 0.4) is 0 Å². The number of hydrogen-bond donors (Lipinski definition) is 0. The van der Waals surface area contributed by atoms with Crippen LogP contribution in [0.15, 0.2) is 24.3 Å². The molecule has 1 aromatic heterocycles. The predicted octanol–water partition coefficient (Wildman–Crippen LogP) is 7.39. The lowest BCUT2D eigenvalue weighted by molar-refractivity contribution is 0.0172. The lowest BCUT2D eigenvalue weighted by Gasteiger charge is -2.40. The summed E-state index contributed by atoms with van der Waals surface area (Å²) < 4.78 is 18.3. The van der Waals surface area contributed by atoms with Crippen molar-refractivity contribution >= 4 is 37.6 Å². The van der Waals surface area contributed by atoms with Gasteiger partial charge >= 0.3 is 6.09 Å². The van der Waals surface area contributed by atoms with Crippen molar-refractivity contribution in [2.75, 3.05) is 20.2 Å². The molecule has 200 valence electrons. The van der Waals surface area contributed by atoms with Crippen LogP contribution in [-0.2, 0) is 9.16 Å². The molecule has 0 fully saturated rings. The van der Waals surface area contributed by atoms with Crippen molar-refractivity contribution in [2.24, 2.45) is 0 Å². The number of nitrogens with zero attached hydrogens (tertiary/aromatic N) is 3. The maximum absolute atomic E-state index is 12.6. The topological polar surface area (TPSA) is 73.8 Å². The Balaban J connectivity index is 2.23. The molecule has 7 nitrogen and oxygen atoms in total. The minimum absolute atomic E-state index is 0.00300. The number of aromatic nitrogens is 2. The van der Waals surface area contributed by atoms with E-state index in [1.807, 2.05) is 45.0 Å². The number of likely N-dealkylation sites (N-methyl/N-ethyl adjacent to an activating group) is 1. The van der Waals surface area contributed by atoms with Crippen LogP contribution in [0.4, 0.5) is 4.79 Å². The van der Waals surface area contributed by atoms with Crippen molar-refractivity contribution in [1.29, 1.82) is 0 Å². The van der Waals surface area contributed by atoms with E-state index < -0.39 is 20.0 Å². The fourth-order valence-corrected chi connectivity index (χ4v) is 4.66. The smallest absolute Gasteiger partial charge is 0.410 e. The normalized spacial score (nSPS) is 13.3. The van der Waals surface area contributed by atoms with Crippen molar-refractivity contribution in [2.45, 2.75) is 78.3 Å². The Morgan fingerprint density at radius 2 is 1.67 bits per heavy atom. The number of hydrogen-bond acceptors (Lipinski definition) is 6. The van der Waals surface area contributed by atoms with Crippen molar-refractivity contribution in [3.8, 4) is 17.1 Å². The molecule has 1 aromatic carbocycles. The first-order valence-electron chi connectivity index (χ1n) is 11.9. The van der Waals surface area contributed by atoms with E-state index in [2.05, 4.69) is 43.8 Å². The summed E-state index contributed by atoms with van der Waals surface area (Å²) in [5.41, 5.74) is 0.778.